The van der Waals surface area contributed by atoms with E-state index in [9.17, 15) is 32.8 Å². The summed E-state index contributed by atoms with van der Waals surface area (Å²) >= 11 is 0. The van der Waals surface area contributed by atoms with Gasteiger partial charge in [-0.2, -0.15) is 0 Å². The molecule has 232 valence electrons. The van der Waals surface area contributed by atoms with Gasteiger partial charge in [0.15, 0.2) is 18.5 Å². The second kappa shape index (κ2) is 13.6. The van der Waals surface area contributed by atoms with Gasteiger partial charge >= 0.3 is 12.1 Å². The molecule has 43 heavy (non-hydrogen) atoms. The largest absolute Gasteiger partial charge is 0.511 e. The molecular weight excluding hydrogens is 578 g/mol. The third-order valence-electron chi connectivity index (χ3n) is 6.53. The Morgan fingerprint density at radius 2 is 1.91 bits per heavy atom. The number of esters is 1. The summed E-state index contributed by atoms with van der Waals surface area (Å²) < 4.78 is 54.0. The molecule has 1 fully saturated rings. The molecule has 0 saturated carbocycles. The van der Waals surface area contributed by atoms with E-state index in [1.807, 2.05) is 0 Å². The zero-order chi connectivity index (χ0) is 31.3. The van der Waals surface area contributed by atoms with Crippen molar-refractivity contribution in [2.75, 3.05) is 47.3 Å². The van der Waals surface area contributed by atoms with Crippen LogP contribution in [0, 0.1) is 11.6 Å². The van der Waals surface area contributed by atoms with Gasteiger partial charge in [0, 0.05) is 30.9 Å². The number of fused-ring (bicyclic) bond motifs is 2. The number of carbonyl (C=O) groups is 4. The number of halogens is 2. The first-order valence-electron chi connectivity index (χ1n) is 13.1. The average molecular weight is 609 g/mol. The minimum atomic E-state index is -1.32. The van der Waals surface area contributed by atoms with Gasteiger partial charge in [-0.3, -0.25) is 14.4 Å². The van der Waals surface area contributed by atoms with Gasteiger partial charge in [-0.05, 0) is 27.1 Å². The van der Waals surface area contributed by atoms with Crippen LogP contribution < -0.4 is 15.5 Å². The first-order valence-corrected chi connectivity index (χ1v) is 13.1. The SMILES string of the molecule is C[C@H]1CO[C@@H]2Cn3cc(C(=O)NCc4ccc(F)cc4F)c(=O)c(OCOC(=O)OCC(=O)OCCN(C)C)c3C(=O)N12. The lowest BCUT2D eigenvalue weighted by molar-refractivity contribution is -0.148. The van der Waals surface area contributed by atoms with E-state index in [2.05, 4.69) is 10.1 Å². The molecule has 14 nitrogen and oxygen atoms in total. The number of hydrogen-bond donors (Lipinski definition) is 1. The Labute approximate surface area is 244 Å². The Kier molecular flexibility index (Phi) is 9.92. The number of benzene rings is 1. The van der Waals surface area contributed by atoms with Gasteiger partial charge in [0.05, 0.1) is 19.2 Å². The van der Waals surface area contributed by atoms with Crippen LogP contribution in [0.1, 0.15) is 33.3 Å². The number of hydrogen-bond acceptors (Lipinski definition) is 11. The Balaban J connectivity index is 1.49. The van der Waals surface area contributed by atoms with Crippen LogP contribution in [0.15, 0.2) is 29.2 Å². The first-order chi connectivity index (χ1) is 20.5. The predicted octanol–water partition coefficient (Wildman–Crippen LogP) is 0.851. The summed E-state index contributed by atoms with van der Waals surface area (Å²) in [6.45, 7) is 0.583. The maximum absolute atomic E-state index is 14.0. The molecule has 0 spiro atoms. The van der Waals surface area contributed by atoms with Crippen LogP contribution in [0.4, 0.5) is 13.6 Å². The maximum Gasteiger partial charge on any atom is 0.511 e. The van der Waals surface area contributed by atoms with Crippen LogP contribution in [0.5, 0.6) is 5.75 Å². The molecule has 2 aliphatic heterocycles. The van der Waals surface area contributed by atoms with Gasteiger partial charge in [0.25, 0.3) is 11.8 Å². The molecule has 2 aromatic rings. The Hall–Kier alpha value is -4.57. The minimum absolute atomic E-state index is 0.0306. The molecule has 2 atom stereocenters. The lowest BCUT2D eigenvalue weighted by Crippen LogP contribution is -2.49. The van der Waals surface area contributed by atoms with Crippen molar-refractivity contribution in [2.24, 2.45) is 0 Å². The van der Waals surface area contributed by atoms with Crippen LogP contribution in [-0.4, -0.2) is 97.8 Å². The molecule has 1 saturated heterocycles. The summed E-state index contributed by atoms with van der Waals surface area (Å²) in [5.41, 5.74) is -1.71. The molecule has 1 aromatic heterocycles. The molecule has 1 aromatic carbocycles. The molecule has 0 aliphatic carbocycles. The van der Waals surface area contributed by atoms with Crippen molar-refractivity contribution in [1.29, 1.82) is 0 Å². The number of carbonyl (C=O) groups excluding carboxylic acids is 4. The van der Waals surface area contributed by atoms with E-state index in [0.29, 0.717) is 12.6 Å². The number of pyridine rings is 1. The van der Waals surface area contributed by atoms with Crippen molar-refractivity contribution in [1.82, 2.24) is 19.7 Å². The van der Waals surface area contributed by atoms with Gasteiger partial charge in [0.2, 0.25) is 18.0 Å². The fourth-order valence-corrected chi connectivity index (χ4v) is 4.37. The first kappa shape index (κ1) is 31.4. The number of ether oxygens (including phenoxy) is 5. The summed E-state index contributed by atoms with van der Waals surface area (Å²) in [5, 5.41) is 2.39. The zero-order valence-electron chi connectivity index (χ0n) is 23.6. The molecule has 0 radical (unpaired) electrons. The number of rotatable bonds is 11. The predicted molar refractivity (Wildman–Crippen MR) is 141 cm³/mol. The van der Waals surface area contributed by atoms with Crippen molar-refractivity contribution in [3.8, 4) is 5.75 Å². The highest BCUT2D eigenvalue weighted by molar-refractivity contribution is 5.99. The minimum Gasteiger partial charge on any atom is -0.462 e. The van der Waals surface area contributed by atoms with E-state index >= 15 is 0 Å². The molecule has 2 aliphatic rings. The molecule has 1 N–H and O–H groups in total. The summed E-state index contributed by atoms with van der Waals surface area (Å²) in [5.74, 6) is -4.63. The van der Waals surface area contributed by atoms with E-state index in [1.165, 1.54) is 9.47 Å². The molecule has 0 unspecified atom stereocenters. The van der Waals surface area contributed by atoms with Gasteiger partial charge < -0.3 is 43.4 Å². The highest BCUT2D eigenvalue weighted by atomic mass is 19.1. The molecule has 16 heteroatoms. The van der Waals surface area contributed by atoms with Gasteiger partial charge in [-0.15, -0.1) is 0 Å². The van der Waals surface area contributed by atoms with Gasteiger partial charge in [-0.25, -0.2) is 18.4 Å². The highest BCUT2D eigenvalue weighted by Crippen LogP contribution is 2.30. The Morgan fingerprint density at radius 3 is 2.63 bits per heavy atom. The van der Waals surface area contributed by atoms with Crippen molar-refractivity contribution < 1.29 is 51.6 Å². The van der Waals surface area contributed by atoms with Crippen molar-refractivity contribution >= 4 is 23.9 Å². The molecule has 4 rings (SSSR count). The standard InChI is InChI=1S/C27H30F2N4O10/c1-15-12-40-20-11-32-10-18(25(36)30-9-16-4-5-17(28)8-19(16)29)23(35)24(22(32)26(37)33(15)20)42-14-43-27(38)41-13-21(34)39-7-6-31(2)3/h4-5,8,10,15,20H,6-7,9,11-14H2,1-3H3,(H,30,36)/t15-,20+/m0/s1. The van der Waals surface area contributed by atoms with Crippen molar-refractivity contribution in [3.63, 3.8) is 0 Å². The highest BCUT2D eigenvalue weighted by Gasteiger charge is 2.43. The fourth-order valence-electron chi connectivity index (χ4n) is 4.37. The topological polar surface area (TPSA) is 155 Å². The average Bonchev–Trinajstić information content (AvgIpc) is 3.32. The number of likely N-dealkylation sites (N-methyl/N-ethyl adjacent to an activating group) is 1. The van der Waals surface area contributed by atoms with Crippen LogP contribution in [0.3, 0.4) is 0 Å². The number of aromatic nitrogens is 1. The molecule has 0 bridgehead atoms. The summed E-state index contributed by atoms with van der Waals surface area (Å²) in [4.78, 5) is 66.7. The van der Waals surface area contributed by atoms with Crippen LogP contribution >= 0.6 is 0 Å². The quantitative estimate of drug-likeness (QED) is 0.285. The second-order valence-corrected chi connectivity index (χ2v) is 9.94. The Bertz CT molecular complexity index is 1460. The maximum atomic E-state index is 14.0. The van der Waals surface area contributed by atoms with E-state index in [0.717, 1.165) is 18.3 Å². The third-order valence-corrected chi connectivity index (χ3v) is 6.53. The summed E-state index contributed by atoms with van der Waals surface area (Å²) in [6, 6.07) is 2.50. The number of amides is 2. The van der Waals surface area contributed by atoms with Crippen LogP contribution in [0.2, 0.25) is 0 Å². The van der Waals surface area contributed by atoms with Gasteiger partial charge in [-0.1, -0.05) is 6.07 Å². The lowest BCUT2D eigenvalue weighted by atomic mass is 10.1. The van der Waals surface area contributed by atoms with Gasteiger partial charge in [0.1, 0.15) is 23.8 Å². The van der Waals surface area contributed by atoms with Crippen molar-refractivity contribution in [3.05, 3.63) is 63.1 Å². The monoisotopic (exact) mass is 608 g/mol. The zero-order valence-corrected chi connectivity index (χ0v) is 23.6. The summed E-state index contributed by atoms with van der Waals surface area (Å²) in [6.07, 6.45) is -0.834. The van der Waals surface area contributed by atoms with E-state index in [4.69, 9.17) is 18.9 Å². The van der Waals surface area contributed by atoms with E-state index in [-0.39, 0.29) is 43.6 Å². The van der Waals surface area contributed by atoms with Crippen LogP contribution in [0.25, 0.3) is 0 Å². The molecule has 2 amide bonds. The Morgan fingerprint density at radius 1 is 1.14 bits per heavy atom. The van der Waals surface area contributed by atoms with E-state index in [1.54, 1.807) is 25.9 Å². The third kappa shape index (κ3) is 7.45. The van der Waals surface area contributed by atoms with Crippen molar-refractivity contribution in [2.45, 2.75) is 32.3 Å². The van der Waals surface area contributed by atoms with E-state index < -0.39 is 71.9 Å². The second-order valence-electron chi connectivity index (χ2n) is 9.94. The smallest absolute Gasteiger partial charge is 0.462 e. The lowest BCUT2D eigenvalue weighted by Gasteiger charge is -2.34. The number of nitrogens with zero attached hydrogens (tertiary/aromatic N) is 3. The summed E-state index contributed by atoms with van der Waals surface area (Å²) in [7, 11) is 3.57. The normalized spacial score (nSPS) is 17.3. The fraction of sp³-hybridized carbons (Fsp3) is 0.444. The van der Waals surface area contributed by atoms with Crippen LogP contribution in [-0.2, 0) is 36.8 Å². The number of nitrogens with one attached hydrogen (secondary N) is 1. The molecule has 3 heterocycles. The molecular formula is C27H30F2N4O10.